The largest absolute Gasteiger partial charge is 0.370 e. The summed E-state index contributed by atoms with van der Waals surface area (Å²) >= 11 is 0. The second kappa shape index (κ2) is 6.89. The molecular formula is C16H26N4O. The highest BCUT2D eigenvalue weighted by Gasteiger charge is 2.29. The summed E-state index contributed by atoms with van der Waals surface area (Å²) in [6.45, 7) is 8.04. The van der Waals surface area contributed by atoms with Crippen LogP contribution in [-0.4, -0.2) is 49.0 Å². The average molecular weight is 290 g/mol. The van der Waals surface area contributed by atoms with Crippen LogP contribution in [0, 0.1) is 5.41 Å². The number of carbonyl (C=O) groups excluding carboxylic acids is 1. The minimum Gasteiger partial charge on any atom is -0.370 e. The van der Waals surface area contributed by atoms with Crippen LogP contribution in [0.3, 0.4) is 0 Å². The van der Waals surface area contributed by atoms with Crippen LogP contribution in [0.5, 0.6) is 0 Å². The lowest BCUT2D eigenvalue weighted by Gasteiger charge is -2.37. The molecule has 0 radical (unpaired) electrons. The SMILES string of the molecule is CCNc1ccc(C(=O)NCC2(C)CCN(C)CC2)cn1. The van der Waals surface area contributed by atoms with Gasteiger partial charge in [-0.3, -0.25) is 4.79 Å². The molecule has 1 aromatic rings. The van der Waals surface area contributed by atoms with Gasteiger partial charge in [0.25, 0.3) is 5.91 Å². The minimum absolute atomic E-state index is 0.0364. The van der Waals surface area contributed by atoms with Crippen molar-refractivity contribution in [3.05, 3.63) is 23.9 Å². The molecule has 2 heterocycles. The molecular weight excluding hydrogens is 264 g/mol. The van der Waals surface area contributed by atoms with E-state index in [2.05, 4.69) is 34.5 Å². The molecule has 0 bridgehead atoms. The lowest BCUT2D eigenvalue weighted by molar-refractivity contribution is 0.0891. The van der Waals surface area contributed by atoms with E-state index in [9.17, 15) is 4.79 Å². The van der Waals surface area contributed by atoms with Crippen molar-refractivity contribution in [2.45, 2.75) is 26.7 Å². The minimum atomic E-state index is -0.0364. The van der Waals surface area contributed by atoms with Crippen molar-refractivity contribution in [3.8, 4) is 0 Å². The molecule has 5 nitrogen and oxygen atoms in total. The number of pyridine rings is 1. The first-order valence-electron chi connectivity index (χ1n) is 7.69. The zero-order valence-electron chi connectivity index (χ0n) is 13.3. The summed E-state index contributed by atoms with van der Waals surface area (Å²) in [6, 6.07) is 3.66. The van der Waals surface area contributed by atoms with Gasteiger partial charge in [-0.05, 0) is 57.5 Å². The zero-order chi connectivity index (χ0) is 15.3. The number of piperidine rings is 1. The lowest BCUT2D eigenvalue weighted by atomic mass is 9.80. The highest BCUT2D eigenvalue weighted by Crippen LogP contribution is 2.29. The monoisotopic (exact) mass is 290 g/mol. The van der Waals surface area contributed by atoms with Crippen molar-refractivity contribution in [2.24, 2.45) is 5.41 Å². The van der Waals surface area contributed by atoms with Gasteiger partial charge >= 0.3 is 0 Å². The lowest BCUT2D eigenvalue weighted by Crippen LogP contribution is -2.43. The van der Waals surface area contributed by atoms with Gasteiger partial charge in [0.15, 0.2) is 0 Å². The molecule has 0 aromatic carbocycles. The Labute approximate surface area is 127 Å². The van der Waals surface area contributed by atoms with Gasteiger partial charge in [0.2, 0.25) is 0 Å². The first-order valence-corrected chi connectivity index (χ1v) is 7.69. The van der Waals surface area contributed by atoms with Gasteiger partial charge < -0.3 is 15.5 Å². The molecule has 1 saturated heterocycles. The zero-order valence-corrected chi connectivity index (χ0v) is 13.3. The number of nitrogens with one attached hydrogen (secondary N) is 2. The Morgan fingerprint density at radius 3 is 2.67 bits per heavy atom. The van der Waals surface area contributed by atoms with Crippen LogP contribution in [0.25, 0.3) is 0 Å². The Morgan fingerprint density at radius 2 is 2.10 bits per heavy atom. The molecule has 2 rings (SSSR count). The first-order chi connectivity index (χ1) is 10.0. The highest BCUT2D eigenvalue weighted by molar-refractivity contribution is 5.94. The molecule has 116 valence electrons. The number of rotatable bonds is 5. The quantitative estimate of drug-likeness (QED) is 0.870. The van der Waals surface area contributed by atoms with E-state index in [1.807, 2.05) is 19.1 Å². The van der Waals surface area contributed by atoms with Crippen LogP contribution >= 0.6 is 0 Å². The average Bonchev–Trinajstić information content (AvgIpc) is 2.49. The third kappa shape index (κ3) is 4.43. The summed E-state index contributed by atoms with van der Waals surface area (Å²) in [5.74, 6) is 0.766. The Hall–Kier alpha value is -1.62. The number of anilines is 1. The van der Waals surface area contributed by atoms with Crippen LogP contribution in [0.15, 0.2) is 18.3 Å². The van der Waals surface area contributed by atoms with E-state index in [4.69, 9.17) is 0 Å². The molecule has 0 saturated carbocycles. The van der Waals surface area contributed by atoms with Gasteiger partial charge in [-0.15, -0.1) is 0 Å². The maximum atomic E-state index is 12.2. The van der Waals surface area contributed by atoms with Gasteiger partial charge in [-0.2, -0.15) is 0 Å². The molecule has 1 amide bonds. The summed E-state index contributed by atoms with van der Waals surface area (Å²) < 4.78 is 0. The number of likely N-dealkylation sites (tertiary alicyclic amines) is 1. The van der Waals surface area contributed by atoms with E-state index in [1.54, 1.807) is 6.20 Å². The molecule has 0 atom stereocenters. The Balaban J connectivity index is 1.86. The summed E-state index contributed by atoms with van der Waals surface area (Å²) in [4.78, 5) is 18.8. The normalized spacial score (nSPS) is 18.2. The molecule has 2 N–H and O–H groups in total. The maximum Gasteiger partial charge on any atom is 0.252 e. The number of amides is 1. The maximum absolute atomic E-state index is 12.2. The molecule has 5 heteroatoms. The number of carbonyl (C=O) groups is 1. The number of hydrogen-bond acceptors (Lipinski definition) is 4. The standard InChI is InChI=1S/C16H26N4O/c1-4-17-14-6-5-13(11-18-14)15(21)19-12-16(2)7-9-20(3)10-8-16/h5-6,11H,4,7-10,12H2,1-3H3,(H,17,18)(H,19,21). The van der Waals surface area contributed by atoms with Crippen LogP contribution in [0.1, 0.15) is 37.0 Å². The van der Waals surface area contributed by atoms with Crippen LogP contribution in [-0.2, 0) is 0 Å². The van der Waals surface area contributed by atoms with Crippen molar-refractivity contribution < 1.29 is 4.79 Å². The molecule has 1 fully saturated rings. The van der Waals surface area contributed by atoms with E-state index >= 15 is 0 Å². The van der Waals surface area contributed by atoms with Gasteiger partial charge in [0, 0.05) is 19.3 Å². The van der Waals surface area contributed by atoms with Crippen molar-refractivity contribution in [1.82, 2.24) is 15.2 Å². The fourth-order valence-electron chi connectivity index (χ4n) is 2.54. The van der Waals surface area contributed by atoms with Crippen LogP contribution in [0.2, 0.25) is 0 Å². The van der Waals surface area contributed by atoms with Crippen molar-refractivity contribution in [2.75, 3.05) is 38.5 Å². The summed E-state index contributed by atoms with van der Waals surface area (Å²) in [5.41, 5.74) is 0.826. The second-order valence-corrected chi connectivity index (χ2v) is 6.26. The van der Waals surface area contributed by atoms with E-state index in [-0.39, 0.29) is 11.3 Å². The third-order valence-electron chi connectivity index (χ3n) is 4.25. The predicted molar refractivity (Wildman–Crippen MR) is 85.6 cm³/mol. The van der Waals surface area contributed by atoms with Crippen molar-refractivity contribution in [1.29, 1.82) is 0 Å². The molecule has 1 aliphatic rings. The van der Waals surface area contributed by atoms with Crippen molar-refractivity contribution in [3.63, 3.8) is 0 Å². The molecule has 0 unspecified atom stereocenters. The highest BCUT2D eigenvalue weighted by atomic mass is 16.1. The second-order valence-electron chi connectivity index (χ2n) is 6.26. The van der Waals surface area contributed by atoms with E-state index in [0.717, 1.165) is 44.8 Å². The van der Waals surface area contributed by atoms with Crippen LogP contribution in [0.4, 0.5) is 5.82 Å². The van der Waals surface area contributed by atoms with E-state index in [1.165, 1.54) is 0 Å². The summed E-state index contributed by atoms with van der Waals surface area (Å²) in [6.07, 6.45) is 3.88. The number of nitrogens with zero attached hydrogens (tertiary/aromatic N) is 2. The smallest absolute Gasteiger partial charge is 0.252 e. The summed E-state index contributed by atoms with van der Waals surface area (Å²) in [5, 5.41) is 6.18. The van der Waals surface area contributed by atoms with Crippen LogP contribution < -0.4 is 10.6 Å². The number of hydrogen-bond donors (Lipinski definition) is 2. The molecule has 0 spiro atoms. The molecule has 0 aliphatic carbocycles. The third-order valence-corrected chi connectivity index (χ3v) is 4.25. The van der Waals surface area contributed by atoms with Gasteiger partial charge in [0.05, 0.1) is 5.56 Å². The Morgan fingerprint density at radius 1 is 1.38 bits per heavy atom. The predicted octanol–water partition coefficient (Wildman–Crippen LogP) is 1.98. The molecule has 21 heavy (non-hydrogen) atoms. The summed E-state index contributed by atoms with van der Waals surface area (Å²) in [7, 11) is 2.15. The molecule has 1 aliphatic heterocycles. The topological polar surface area (TPSA) is 57.3 Å². The molecule has 1 aromatic heterocycles. The van der Waals surface area contributed by atoms with E-state index in [0.29, 0.717) is 5.56 Å². The Kier molecular flexibility index (Phi) is 5.17. The van der Waals surface area contributed by atoms with Gasteiger partial charge in [-0.1, -0.05) is 6.92 Å². The van der Waals surface area contributed by atoms with Crippen molar-refractivity contribution >= 4 is 11.7 Å². The number of aromatic nitrogens is 1. The fraction of sp³-hybridized carbons (Fsp3) is 0.625. The fourth-order valence-corrected chi connectivity index (χ4v) is 2.54. The van der Waals surface area contributed by atoms with Gasteiger partial charge in [-0.25, -0.2) is 4.98 Å². The van der Waals surface area contributed by atoms with Gasteiger partial charge in [0.1, 0.15) is 5.82 Å². The first kappa shape index (κ1) is 15.8. The Bertz CT molecular complexity index is 464. The van der Waals surface area contributed by atoms with E-state index < -0.39 is 0 Å².